The molecule has 0 aromatic carbocycles. The molecule has 1 amide bonds. The molecule has 1 atom stereocenters. The molecule has 0 saturated carbocycles. The van der Waals surface area contributed by atoms with Gasteiger partial charge in [-0.15, -0.1) is 0 Å². The van der Waals surface area contributed by atoms with E-state index in [0.717, 1.165) is 25.1 Å². The molecule has 4 nitrogen and oxygen atoms in total. The van der Waals surface area contributed by atoms with E-state index in [2.05, 4.69) is 10.3 Å². The minimum atomic E-state index is -0.617. The summed E-state index contributed by atoms with van der Waals surface area (Å²) in [6, 6.07) is 3.79. The van der Waals surface area contributed by atoms with Crippen LogP contribution >= 0.6 is 0 Å². The summed E-state index contributed by atoms with van der Waals surface area (Å²) in [4.78, 5) is 18.1. The number of amides is 1. The molecule has 1 aromatic heterocycles. The number of rotatable bonds is 1. The zero-order valence-corrected chi connectivity index (χ0v) is 9.73. The summed E-state index contributed by atoms with van der Waals surface area (Å²) in [7, 11) is 1.86. The van der Waals surface area contributed by atoms with E-state index in [1.807, 2.05) is 26.1 Å². The summed E-state index contributed by atoms with van der Waals surface area (Å²) in [6.45, 7) is 3.61. The molecule has 4 heteroatoms. The lowest BCUT2D eigenvalue weighted by Gasteiger charge is -2.30. The zero-order valence-electron chi connectivity index (χ0n) is 9.73. The molecule has 0 radical (unpaired) electrons. The van der Waals surface area contributed by atoms with Gasteiger partial charge in [0.1, 0.15) is 5.54 Å². The predicted octanol–water partition coefficient (Wildman–Crippen LogP) is 0.748. The Balaban J connectivity index is 2.38. The normalized spacial score (nSPS) is 26.6. The third-order valence-corrected chi connectivity index (χ3v) is 3.18. The van der Waals surface area contributed by atoms with E-state index in [9.17, 15) is 4.79 Å². The van der Waals surface area contributed by atoms with Crippen LogP contribution < -0.4 is 5.32 Å². The molecule has 1 saturated heterocycles. The highest BCUT2D eigenvalue weighted by atomic mass is 16.2. The third-order valence-electron chi connectivity index (χ3n) is 3.18. The molecule has 0 spiro atoms. The molecule has 16 heavy (non-hydrogen) atoms. The molecular formula is C12H17N3O. The van der Waals surface area contributed by atoms with E-state index in [1.54, 1.807) is 17.3 Å². The summed E-state index contributed by atoms with van der Waals surface area (Å²) >= 11 is 0. The Hall–Kier alpha value is -1.42. The van der Waals surface area contributed by atoms with Crippen molar-refractivity contribution in [2.24, 2.45) is 0 Å². The molecule has 86 valence electrons. The average molecular weight is 219 g/mol. The maximum atomic E-state index is 12.3. The fraction of sp³-hybridized carbons (Fsp3) is 0.500. The van der Waals surface area contributed by atoms with Crippen molar-refractivity contribution in [2.45, 2.75) is 18.9 Å². The Bertz CT molecular complexity index is 379. The third kappa shape index (κ3) is 1.80. The smallest absolute Gasteiger partial charge is 0.246 e. The first-order valence-corrected chi connectivity index (χ1v) is 5.56. The van der Waals surface area contributed by atoms with Gasteiger partial charge in [0.15, 0.2) is 0 Å². The molecule has 1 aromatic rings. The zero-order chi connectivity index (χ0) is 11.6. The number of carbonyl (C=O) groups excluding carboxylic acids is 1. The number of aromatic nitrogens is 1. The lowest BCUT2D eigenvalue weighted by molar-refractivity contribution is -0.135. The molecular weight excluding hydrogens is 202 g/mol. The van der Waals surface area contributed by atoms with Gasteiger partial charge in [-0.2, -0.15) is 0 Å². The van der Waals surface area contributed by atoms with E-state index in [-0.39, 0.29) is 5.91 Å². The number of nitrogens with one attached hydrogen (secondary N) is 1. The van der Waals surface area contributed by atoms with Crippen LogP contribution in [0.3, 0.4) is 0 Å². The minimum Gasteiger partial charge on any atom is -0.344 e. The molecule has 1 fully saturated rings. The van der Waals surface area contributed by atoms with Crippen LogP contribution in [-0.4, -0.2) is 35.9 Å². The van der Waals surface area contributed by atoms with Crippen molar-refractivity contribution in [3.05, 3.63) is 30.1 Å². The van der Waals surface area contributed by atoms with Crippen molar-refractivity contribution in [3.63, 3.8) is 0 Å². The summed E-state index contributed by atoms with van der Waals surface area (Å²) in [5.41, 5.74) is 0.357. The number of hydrogen-bond acceptors (Lipinski definition) is 3. The van der Waals surface area contributed by atoms with Gasteiger partial charge in [-0.3, -0.25) is 15.1 Å². The predicted molar refractivity (Wildman–Crippen MR) is 61.8 cm³/mol. The monoisotopic (exact) mass is 219 g/mol. The van der Waals surface area contributed by atoms with E-state index >= 15 is 0 Å². The first-order valence-electron chi connectivity index (χ1n) is 5.56. The van der Waals surface area contributed by atoms with Gasteiger partial charge in [0.25, 0.3) is 0 Å². The number of nitrogens with zero attached hydrogens (tertiary/aromatic N) is 2. The highest BCUT2D eigenvalue weighted by Gasteiger charge is 2.38. The number of carbonyl (C=O) groups is 1. The number of hydrogen-bond donors (Lipinski definition) is 1. The Kier molecular flexibility index (Phi) is 2.92. The van der Waals surface area contributed by atoms with Gasteiger partial charge in [-0.1, -0.05) is 0 Å². The van der Waals surface area contributed by atoms with Crippen molar-refractivity contribution >= 4 is 5.91 Å². The second kappa shape index (κ2) is 4.22. The van der Waals surface area contributed by atoms with Crippen LogP contribution in [0.15, 0.2) is 24.5 Å². The van der Waals surface area contributed by atoms with Gasteiger partial charge >= 0.3 is 0 Å². The average Bonchev–Trinajstić information content (AvgIpc) is 2.45. The molecule has 1 aliphatic heterocycles. The van der Waals surface area contributed by atoms with Gasteiger partial charge in [-0.05, 0) is 37.6 Å². The van der Waals surface area contributed by atoms with E-state index in [0.29, 0.717) is 0 Å². The summed E-state index contributed by atoms with van der Waals surface area (Å²) < 4.78 is 0. The van der Waals surface area contributed by atoms with Gasteiger partial charge in [0.2, 0.25) is 5.91 Å². The lowest BCUT2D eigenvalue weighted by Crippen LogP contribution is -2.50. The van der Waals surface area contributed by atoms with Crippen molar-refractivity contribution < 1.29 is 4.79 Å². The fourth-order valence-electron chi connectivity index (χ4n) is 2.12. The van der Waals surface area contributed by atoms with Crippen molar-refractivity contribution in [3.8, 4) is 0 Å². The minimum absolute atomic E-state index is 0.121. The SMILES string of the molecule is CN1CCCNC(C)(c2ccncc2)C1=O. The van der Waals surface area contributed by atoms with Crippen LogP contribution in [0.4, 0.5) is 0 Å². The van der Waals surface area contributed by atoms with Gasteiger partial charge in [-0.25, -0.2) is 0 Å². The maximum Gasteiger partial charge on any atom is 0.246 e. The van der Waals surface area contributed by atoms with Gasteiger partial charge < -0.3 is 4.90 Å². The Morgan fingerprint density at radius 2 is 2.12 bits per heavy atom. The van der Waals surface area contributed by atoms with Crippen LogP contribution in [0.25, 0.3) is 0 Å². The Labute approximate surface area is 95.7 Å². The first kappa shape index (κ1) is 11.1. The molecule has 2 rings (SSSR count). The first-order chi connectivity index (χ1) is 7.64. The largest absolute Gasteiger partial charge is 0.344 e. The summed E-state index contributed by atoms with van der Waals surface area (Å²) in [5.74, 6) is 0.121. The van der Waals surface area contributed by atoms with Crippen molar-refractivity contribution in [1.82, 2.24) is 15.2 Å². The molecule has 1 unspecified atom stereocenters. The molecule has 2 heterocycles. The number of pyridine rings is 1. The highest BCUT2D eigenvalue weighted by molar-refractivity contribution is 5.87. The van der Waals surface area contributed by atoms with Crippen LogP contribution in [0.1, 0.15) is 18.9 Å². The van der Waals surface area contributed by atoms with E-state index in [4.69, 9.17) is 0 Å². The van der Waals surface area contributed by atoms with Crippen molar-refractivity contribution in [2.75, 3.05) is 20.1 Å². The van der Waals surface area contributed by atoms with E-state index in [1.165, 1.54) is 0 Å². The maximum absolute atomic E-state index is 12.3. The van der Waals surface area contributed by atoms with Crippen molar-refractivity contribution in [1.29, 1.82) is 0 Å². The topological polar surface area (TPSA) is 45.2 Å². The molecule has 1 aliphatic rings. The quantitative estimate of drug-likeness (QED) is 0.758. The Morgan fingerprint density at radius 3 is 2.81 bits per heavy atom. The standard InChI is InChI=1S/C12H17N3O/c1-12(10-4-7-13-8-5-10)11(16)15(2)9-3-6-14-12/h4-5,7-8,14H,3,6,9H2,1-2H3. The second-order valence-corrected chi connectivity index (χ2v) is 4.37. The Morgan fingerprint density at radius 1 is 1.44 bits per heavy atom. The highest BCUT2D eigenvalue weighted by Crippen LogP contribution is 2.24. The van der Waals surface area contributed by atoms with Gasteiger partial charge in [0, 0.05) is 26.0 Å². The molecule has 0 bridgehead atoms. The number of likely N-dealkylation sites (N-methyl/N-ethyl adjacent to an activating group) is 1. The fourth-order valence-corrected chi connectivity index (χ4v) is 2.12. The second-order valence-electron chi connectivity index (χ2n) is 4.37. The van der Waals surface area contributed by atoms with Crippen LogP contribution in [0.2, 0.25) is 0 Å². The van der Waals surface area contributed by atoms with Crippen LogP contribution in [0.5, 0.6) is 0 Å². The van der Waals surface area contributed by atoms with Gasteiger partial charge in [0.05, 0.1) is 0 Å². The summed E-state index contributed by atoms with van der Waals surface area (Å²) in [5, 5.41) is 3.34. The molecule has 1 N–H and O–H groups in total. The van der Waals surface area contributed by atoms with E-state index < -0.39 is 5.54 Å². The summed E-state index contributed by atoms with van der Waals surface area (Å²) in [6.07, 6.45) is 4.43. The molecule has 0 aliphatic carbocycles. The lowest BCUT2D eigenvalue weighted by atomic mass is 9.91. The van der Waals surface area contributed by atoms with Crippen LogP contribution in [0, 0.1) is 0 Å². The van der Waals surface area contributed by atoms with Crippen LogP contribution in [-0.2, 0) is 10.3 Å².